The molecule has 0 spiro atoms. The number of phenolic OH excluding ortho intramolecular Hbond substituents is 1. The lowest BCUT2D eigenvalue weighted by molar-refractivity contribution is -0.147. The van der Waals surface area contributed by atoms with Crippen molar-refractivity contribution in [1.82, 2.24) is 5.32 Å². The first kappa shape index (κ1) is 25.0. The molecule has 2 aromatic carbocycles. The van der Waals surface area contributed by atoms with Crippen LogP contribution in [0.4, 0.5) is 0 Å². The molecule has 3 atom stereocenters. The molecule has 37 heavy (non-hydrogen) atoms. The number of amides is 1. The lowest BCUT2D eigenvalue weighted by Gasteiger charge is -2.46. The topological polar surface area (TPSA) is 170 Å². The van der Waals surface area contributed by atoms with Crippen molar-refractivity contribution in [3.05, 3.63) is 57.9 Å². The summed E-state index contributed by atoms with van der Waals surface area (Å²) < 4.78 is 0. The van der Waals surface area contributed by atoms with Crippen LogP contribution < -0.4 is 11.1 Å². The van der Waals surface area contributed by atoms with E-state index in [1.807, 2.05) is 45.0 Å². The maximum atomic E-state index is 13.6. The number of aliphatic hydroxyl groups excluding tert-OH is 2. The molecule has 0 aliphatic heterocycles. The van der Waals surface area contributed by atoms with E-state index in [0.717, 1.165) is 10.9 Å². The molecule has 9 nitrogen and oxygen atoms in total. The molecule has 3 aliphatic carbocycles. The average Bonchev–Trinajstić information content (AvgIpc) is 2.79. The maximum Gasteiger partial charge on any atom is 0.255 e. The Morgan fingerprint density at radius 3 is 2.49 bits per heavy atom. The number of rotatable bonds is 3. The molecule has 0 radical (unpaired) electrons. The lowest BCUT2D eigenvalue weighted by Crippen LogP contribution is -2.58. The van der Waals surface area contributed by atoms with Crippen LogP contribution in [0.3, 0.4) is 0 Å². The minimum atomic E-state index is -2.56. The van der Waals surface area contributed by atoms with Gasteiger partial charge in [-0.05, 0) is 62.1 Å². The molecule has 7 N–H and O–H groups in total. The Morgan fingerprint density at radius 2 is 1.84 bits per heavy atom. The highest BCUT2D eigenvalue weighted by Crippen LogP contribution is 2.52. The van der Waals surface area contributed by atoms with Crippen molar-refractivity contribution < 1.29 is 34.8 Å². The van der Waals surface area contributed by atoms with E-state index in [2.05, 4.69) is 5.32 Å². The van der Waals surface area contributed by atoms with E-state index in [9.17, 15) is 34.8 Å². The highest BCUT2D eigenvalue weighted by molar-refractivity contribution is 6.22. The van der Waals surface area contributed by atoms with Crippen molar-refractivity contribution in [3.8, 4) is 5.75 Å². The van der Waals surface area contributed by atoms with Crippen LogP contribution in [-0.2, 0) is 27.3 Å². The molecule has 194 valence electrons. The van der Waals surface area contributed by atoms with Crippen molar-refractivity contribution in [2.45, 2.75) is 57.7 Å². The minimum absolute atomic E-state index is 0.0977. The average molecular weight is 507 g/mol. The molecule has 1 unspecified atom stereocenters. The number of nitrogens with one attached hydrogen (secondary N) is 1. The Labute approximate surface area is 213 Å². The Bertz CT molecular complexity index is 1460. The fourth-order valence-electron chi connectivity index (χ4n) is 5.91. The first-order valence-electron chi connectivity index (χ1n) is 12.2. The summed E-state index contributed by atoms with van der Waals surface area (Å²) in [6.45, 7) is 6.70. The van der Waals surface area contributed by atoms with E-state index < -0.39 is 52.0 Å². The number of carbonyl (C=O) groups excluding carboxylic acids is 3. The van der Waals surface area contributed by atoms with Crippen molar-refractivity contribution in [1.29, 1.82) is 0 Å². The quantitative estimate of drug-likeness (QED) is 0.345. The molecule has 1 amide bonds. The second-order valence-electron chi connectivity index (χ2n) is 11.3. The Balaban J connectivity index is 1.64. The minimum Gasteiger partial charge on any atom is -0.508 e. The van der Waals surface area contributed by atoms with Gasteiger partial charge in [0.15, 0.2) is 11.4 Å². The molecule has 2 aromatic rings. The number of benzene rings is 2. The number of Topliss-reactive ketones (excluding diaryl/α,β-unsaturated/α-hetero) is 2. The largest absolute Gasteiger partial charge is 0.508 e. The summed E-state index contributed by atoms with van der Waals surface area (Å²) in [4.78, 5) is 37.8. The zero-order valence-corrected chi connectivity index (χ0v) is 20.9. The smallest absolute Gasteiger partial charge is 0.255 e. The molecule has 5 rings (SSSR count). The molecule has 1 fully saturated rings. The standard InChI is InChI=1S/C28H30N2O7/c1-27(2,3)30-11-12-4-5-13-7-14-8-15-9-16-10-18(31)21(26(29)36)25(35)28(16,37)24(34)20(15)23(33)19(14)22(32)17(13)6-12/h4-7,15-16,30,32-33,35,37H,8-11H2,1-3H3,(H2,29,36)/t15?,16-,28-/m0/s1. The van der Waals surface area contributed by atoms with Crippen LogP contribution in [0.25, 0.3) is 16.5 Å². The van der Waals surface area contributed by atoms with Gasteiger partial charge in [0.05, 0.1) is 5.56 Å². The summed E-state index contributed by atoms with van der Waals surface area (Å²) in [6, 6.07) is 7.53. The van der Waals surface area contributed by atoms with Gasteiger partial charge in [0, 0.05) is 35.4 Å². The van der Waals surface area contributed by atoms with Crippen LogP contribution in [0, 0.1) is 11.8 Å². The second-order valence-corrected chi connectivity index (χ2v) is 11.3. The summed E-state index contributed by atoms with van der Waals surface area (Å²) >= 11 is 0. The lowest BCUT2D eigenvalue weighted by atomic mass is 9.59. The van der Waals surface area contributed by atoms with Gasteiger partial charge in [-0.25, -0.2) is 0 Å². The molecule has 0 aromatic heterocycles. The number of phenols is 1. The monoisotopic (exact) mass is 506 g/mol. The van der Waals surface area contributed by atoms with Gasteiger partial charge in [0.25, 0.3) is 5.91 Å². The molecule has 9 heteroatoms. The summed E-state index contributed by atoms with van der Waals surface area (Å²) in [5.74, 6) is -6.24. The fourth-order valence-corrected chi connectivity index (χ4v) is 5.91. The predicted octanol–water partition coefficient (Wildman–Crippen LogP) is 2.47. The van der Waals surface area contributed by atoms with Gasteiger partial charge in [-0.15, -0.1) is 0 Å². The third-order valence-corrected chi connectivity index (χ3v) is 7.76. The zero-order valence-electron chi connectivity index (χ0n) is 20.9. The number of hydrogen-bond acceptors (Lipinski definition) is 8. The number of hydrogen-bond donors (Lipinski definition) is 6. The summed E-state index contributed by atoms with van der Waals surface area (Å²) in [5, 5.41) is 49.2. The molecule has 0 bridgehead atoms. The van der Waals surface area contributed by atoms with Gasteiger partial charge in [-0.3, -0.25) is 14.4 Å². The van der Waals surface area contributed by atoms with Crippen molar-refractivity contribution in [2.75, 3.05) is 0 Å². The Morgan fingerprint density at radius 1 is 1.14 bits per heavy atom. The van der Waals surface area contributed by atoms with Gasteiger partial charge in [-0.2, -0.15) is 0 Å². The third-order valence-electron chi connectivity index (χ3n) is 7.76. The predicted molar refractivity (Wildman–Crippen MR) is 135 cm³/mol. The summed E-state index contributed by atoms with van der Waals surface area (Å²) in [5.41, 5.74) is 3.27. The van der Waals surface area contributed by atoms with E-state index in [1.165, 1.54) is 0 Å². The van der Waals surface area contributed by atoms with E-state index in [-0.39, 0.29) is 41.7 Å². The van der Waals surface area contributed by atoms with Crippen LogP contribution in [-0.4, -0.2) is 49.0 Å². The number of fused-ring (bicyclic) bond motifs is 4. The van der Waals surface area contributed by atoms with Crippen molar-refractivity contribution in [2.24, 2.45) is 17.6 Å². The summed E-state index contributed by atoms with van der Waals surface area (Å²) in [6.07, 6.45) is 0.0562. The van der Waals surface area contributed by atoms with Gasteiger partial charge in [0.1, 0.15) is 22.8 Å². The van der Waals surface area contributed by atoms with Crippen LogP contribution in [0.15, 0.2) is 41.2 Å². The highest BCUT2D eigenvalue weighted by Gasteiger charge is 2.60. The van der Waals surface area contributed by atoms with Crippen LogP contribution in [0.2, 0.25) is 0 Å². The normalized spacial score (nSPS) is 25.7. The molecule has 0 heterocycles. The first-order valence-corrected chi connectivity index (χ1v) is 12.2. The molecular weight excluding hydrogens is 476 g/mol. The van der Waals surface area contributed by atoms with Crippen molar-refractivity contribution >= 4 is 34.0 Å². The van der Waals surface area contributed by atoms with E-state index in [4.69, 9.17) is 5.73 Å². The zero-order chi connectivity index (χ0) is 27.0. The van der Waals surface area contributed by atoms with Gasteiger partial charge < -0.3 is 31.5 Å². The van der Waals surface area contributed by atoms with Crippen LogP contribution in [0.1, 0.15) is 50.3 Å². The van der Waals surface area contributed by atoms with Crippen LogP contribution in [0.5, 0.6) is 5.75 Å². The third kappa shape index (κ3) is 3.72. The number of aliphatic hydroxyl groups is 3. The molecule has 0 saturated heterocycles. The van der Waals surface area contributed by atoms with Crippen LogP contribution >= 0.6 is 0 Å². The number of aromatic hydroxyl groups is 1. The molecule has 1 saturated carbocycles. The van der Waals surface area contributed by atoms with E-state index in [0.29, 0.717) is 17.5 Å². The summed E-state index contributed by atoms with van der Waals surface area (Å²) in [7, 11) is 0. The van der Waals surface area contributed by atoms with Gasteiger partial charge >= 0.3 is 0 Å². The van der Waals surface area contributed by atoms with Gasteiger partial charge in [0.2, 0.25) is 5.78 Å². The number of primary amides is 1. The maximum absolute atomic E-state index is 13.6. The SMILES string of the molecule is CC(C)(C)NCc1ccc2cc3c(c(O)c2c1)C(O)=C1C(=O)[C@]2(O)C(O)=C(C(N)=O)C(=O)C[C@@H]2CC1C3. The Hall–Kier alpha value is -3.69. The van der Waals surface area contributed by atoms with E-state index >= 15 is 0 Å². The second kappa shape index (κ2) is 8.16. The number of carbonyl (C=O) groups is 3. The number of nitrogens with two attached hydrogens (primary N) is 1. The fraction of sp³-hybridized carbons (Fsp3) is 0.393. The highest BCUT2D eigenvalue weighted by atomic mass is 16.3. The van der Waals surface area contributed by atoms with Gasteiger partial charge in [-0.1, -0.05) is 18.2 Å². The Kier molecular flexibility index (Phi) is 5.51. The molecule has 3 aliphatic rings. The first-order chi connectivity index (χ1) is 17.2. The van der Waals surface area contributed by atoms with Crippen molar-refractivity contribution in [3.63, 3.8) is 0 Å². The molecular formula is C28H30N2O7. The van der Waals surface area contributed by atoms with E-state index in [1.54, 1.807) is 0 Å². The number of ketones is 2.